The van der Waals surface area contributed by atoms with Crippen molar-refractivity contribution in [3.63, 3.8) is 0 Å². The number of benzene rings is 1. The highest BCUT2D eigenvalue weighted by Crippen LogP contribution is 2.38. The molecule has 0 spiro atoms. The summed E-state index contributed by atoms with van der Waals surface area (Å²) in [6, 6.07) is 4.16. The molecule has 2 N–H and O–H groups in total. The SMILES string of the molecule is COc1ccc(CCC2(N)CC2)c(C)c1Br. The van der Waals surface area contributed by atoms with Gasteiger partial charge in [-0.3, -0.25) is 0 Å². The predicted molar refractivity (Wildman–Crippen MR) is 69.9 cm³/mol. The molecule has 0 bridgehead atoms. The molecule has 1 aromatic carbocycles. The molecule has 0 heterocycles. The average Bonchev–Trinajstić information content (AvgIpc) is 2.99. The summed E-state index contributed by atoms with van der Waals surface area (Å²) in [5.41, 5.74) is 8.87. The van der Waals surface area contributed by atoms with Gasteiger partial charge in [0.25, 0.3) is 0 Å². The van der Waals surface area contributed by atoms with E-state index in [0.717, 1.165) is 23.1 Å². The molecule has 0 aliphatic heterocycles. The first-order chi connectivity index (χ1) is 7.56. The van der Waals surface area contributed by atoms with E-state index in [1.165, 1.54) is 24.0 Å². The van der Waals surface area contributed by atoms with E-state index in [1.54, 1.807) is 7.11 Å². The molecule has 0 saturated heterocycles. The van der Waals surface area contributed by atoms with Gasteiger partial charge in [-0.1, -0.05) is 6.07 Å². The van der Waals surface area contributed by atoms with E-state index in [0.29, 0.717) is 0 Å². The molecule has 0 unspecified atom stereocenters. The van der Waals surface area contributed by atoms with Crippen LogP contribution in [0.25, 0.3) is 0 Å². The second-order valence-corrected chi connectivity index (χ2v) is 5.52. The van der Waals surface area contributed by atoms with E-state index >= 15 is 0 Å². The number of halogens is 1. The number of hydrogen-bond acceptors (Lipinski definition) is 2. The van der Waals surface area contributed by atoms with Crippen LogP contribution in [0.5, 0.6) is 5.75 Å². The van der Waals surface area contributed by atoms with E-state index in [2.05, 4.69) is 28.9 Å². The molecule has 1 aromatic rings. The van der Waals surface area contributed by atoms with Crippen LogP contribution in [0.2, 0.25) is 0 Å². The quantitative estimate of drug-likeness (QED) is 0.921. The van der Waals surface area contributed by atoms with Crippen molar-refractivity contribution in [3.8, 4) is 5.75 Å². The maximum Gasteiger partial charge on any atom is 0.133 e. The minimum absolute atomic E-state index is 0.138. The van der Waals surface area contributed by atoms with Gasteiger partial charge in [0.15, 0.2) is 0 Å². The number of ether oxygens (including phenoxy) is 1. The van der Waals surface area contributed by atoms with Crippen LogP contribution in [0, 0.1) is 6.92 Å². The molecule has 16 heavy (non-hydrogen) atoms. The molecule has 0 aromatic heterocycles. The maximum atomic E-state index is 6.10. The summed E-state index contributed by atoms with van der Waals surface area (Å²) in [7, 11) is 1.69. The molecule has 1 aliphatic rings. The number of nitrogens with two attached hydrogens (primary N) is 1. The second kappa shape index (κ2) is 4.38. The third-order valence-electron chi connectivity index (χ3n) is 3.47. The van der Waals surface area contributed by atoms with Gasteiger partial charge in [-0.05, 0) is 65.7 Å². The Bertz CT molecular complexity index is 399. The van der Waals surface area contributed by atoms with Crippen LogP contribution in [-0.2, 0) is 6.42 Å². The minimum atomic E-state index is 0.138. The van der Waals surface area contributed by atoms with Crippen molar-refractivity contribution in [3.05, 3.63) is 27.7 Å². The molecule has 1 saturated carbocycles. The van der Waals surface area contributed by atoms with Crippen molar-refractivity contribution in [1.29, 1.82) is 0 Å². The number of methoxy groups -OCH3 is 1. The topological polar surface area (TPSA) is 35.2 Å². The lowest BCUT2D eigenvalue weighted by atomic mass is 10.00. The minimum Gasteiger partial charge on any atom is -0.496 e. The zero-order chi connectivity index (χ0) is 11.8. The molecule has 1 aliphatic carbocycles. The molecule has 88 valence electrons. The van der Waals surface area contributed by atoms with Gasteiger partial charge < -0.3 is 10.5 Å². The first-order valence-electron chi connectivity index (χ1n) is 5.66. The Kier molecular flexibility index (Phi) is 3.27. The Hall–Kier alpha value is -0.540. The van der Waals surface area contributed by atoms with Crippen LogP contribution < -0.4 is 10.5 Å². The molecular weight excluding hydrogens is 266 g/mol. The van der Waals surface area contributed by atoms with Gasteiger partial charge >= 0.3 is 0 Å². The Morgan fingerprint density at radius 1 is 1.44 bits per heavy atom. The molecule has 0 atom stereocenters. The van der Waals surface area contributed by atoms with Gasteiger partial charge in [0.1, 0.15) is 5.75 Å². The first kappa shape index (κ1) is 11.9. The van der Waals surface area contributed by atoms with Crippen LogP contribution in [0.1, 0.15) is 30.4 Å². The lowest BCUT2D eigenvalue weighted by Gasteiger charge is -2.13. The standard InChI is InChI=1S/C13H18BrNO/c1-9-10(5-6-13(15)7-8-13)3-4-11(16-2)12(9)14/h3-4H,5-8,15H2,1-2H3. The molecule has 2 rings (SSSR count). The van der Waals surface area contributed by atoms with Crippen LogP contribution >= 0.6 is 15.9 Å². The van der Waals surface area contributed by atoms with Gasteiger partial charge in [0, 0.05) is 5.54 Å². The Morgan fingerprint density at radius 3 is 2.69 bits per heavy atom. The lowest BCUT2D eigenvalue weighted by molar-refractivity contribution is 0.411. The van der Waals surface area contributed by atoms with Crippen LogP contribution in [0.4, 0.5) is 0 Å². The Balaban J connectivity index is 2.12. The molecule has 0 radical (unpaired) electrons. The van der Waals surface area contributed by atoms with Gasteiger partial charge in [-0.15, -0.1) is 0 Å². The maximum absolute atomic E-state index is 6.10. The summed E-state index contributed by atoms with van der Waals surface area (Å²) < 4.78 is 6.33. The third kappa shape index (κ3) is 2.41. The van der Waals surface area contributed by atoms with Crippen molar-refractivity contribution >= 4 is 15.9 Å². The zero-order valence-electron chi connectivity index (χ0n) is 9.85. The summed E-state index contributed by atoms with van der Waals surface area (Å²) in [4.78, 5) is 0. The largest absolute Gasteiger partial charge is 0.496 e. The Morgan fingerprint density at radius 2 is 2.12 bits per heavy atom. The highest BCUT2D eigenvalue weighted by Gasteiger charge is 2.37. The van der Waals surface area contributed by atoms with Gasteiger partial charge in [0.2, 0.25) is 0 Å². The second-order valence-electron chi connectivity index (χ2n) is 4.73. The van der Waals surface area contributed by atoms with Gasteiger partial charge in [-0.2, -0.15) is 0 Å². The fourth-order valence-electron chi connectivity index (χ4n) is 1.92. The normalized spacial score (nSPS) is 17.2. The summed E-state index contributed by atoms with van der Waals surface area (Å²) in [6.45, 7) is 2.12. The van der Waals surface area contributed by atoms with Crippen LogP contribution in [-0.4, -0.2) is 12.6 Å². The fraction of sp³-hybridized carbons (Fsp3) is 0.538. The zero-order valence-corrected chi connectivity index (χ0v) is 11.4. The number of aryl methyl sites for hydroxylation is 1. The third-order valence-corrected chi connectivity index (χ3v) is 4.45. The fourth-order valence-corrected chi connectivity index (χ4v) is 2.47. The monoisotopic (exact) mass is 283 g/mol. The summed E-state index contributed by atoms with van der Waals surface area (Å²) in [5.74, 6) is 0.898. The number of hydrogen-bond donors (Lipinski definition) is 1. The van der Waals surface area contributed by atoms with Crippen molar-refractivity contribution < 1.29 is 4.74 Å². The van der Waals surface area contributed by atoms with Gasteiger partial charge in [-0.25, -0.2) is 0 Å². The van der Waals surface area contributed by atoms with E-state index < -0.39 is 0 Å². The predicted octanol–water partition coefficient (Wildman–Crippen LogP) is 3.19. The number of rotatable bonds is 4. The van der Waals surface area contributed by atoms with Crippen molar-refractivity contribution in [1.82, 2.24) is 0 Å². The van der Waals surface area contributed by atoms with E-state index in [-0.39, 0.29) is 5.54 Å². The molecular formula is C13H18BrNO. The summed E-state index contributed by atoms with van der Waals surface area (Å²) in [6.07, 6.45) is 4.52. The van der Waals surface area contributed by atoms with Gasteiger partial charge in [0.05, 0.1) is 11.6 Å². The van der Waals surface area contributed by atoms with Crippen molar-refractivity contribution in [2.45, 2.75) is 38.1 Å². The van der Waals surface area contributed by atoms with Crippen LogP contribution in [0.15, 0.2) is 16.6 Å². The first-order valence-corrected chi connectivity index (χ1v) is 6.46. The average molecular weight is 284 g/mol. The molecule has 0 amide bonds. The van der Waals surface area contributed by atoms with E-state index in [4.69, 9.17) is 10.5 Å². The van der Waals surface area contributed by atoms with E-state index in [1.807, 2.05) is 6.07 Å². The van der Waals surface area contributed by atoms with Crippen LogP contribution in [0.3, 0.4) is 0 Å². The van der Waals surface area contributed by atoms with E-state index in [9.17, 15) is 0 Å². The summed E-state index contributed by atoms with van der Waals surface area (Å²) >= 11 is 3.57. The smallest absolute Gasteiger partial charge is 0.133 e. The molecule has 2 nitrogen and oxygen atoms in total. The summed E-state index contributed by atoms with van der Waals surface area (Å²) in [5, 5.41) is 0. The van der Waals surface area contributed by atoms with Crippen molar-refractivity contribution in [2.75, 3.05) is 7.11 Å². The Labute approximate surface area is 105 Å². The molecule has 3 heteroatoms. The lowest BCUT2D eigenvalue weighted by Crippen LogP contribution is -2.22. The molecule has 1 fully saturated rings. The van der Waals surface area contributed by atoms with Crippen molar-refractivity contribution in [2.24, 2.45) is 5.73 Å². The highest BCUT2D eigenvalue weighted by molar-refractivity contribution is 9.10. The highest BCUT2D eigenvalue weighted by atomic mass is 79.9.